The van der Waals surface area contributed by atoms with Crippen molar-refractivity contribution in [3.63, 3.8) is 0 Å². The van der Waals surface area contributed by atoms with Crippen molar-refractivity contribution in [1.29, 1.82) is 0 Å². The molecule has 0 atom stereocenters. The van der Waals surface area contributed by atoms with Gasteiger partial charge in [-0.3, -0.25) is 14.2 Å². The summed E-state index contributed by atoms with van der Waals surface area (Å²) in [5, 5.41) is 9.32. The number of rotatable bonds is 4. The minimum Gasteiger partial charge on any atom is -0.396 e. The molecule has 0 aliphatic heterocycles. The first kappa shape index (κ1) is 20.0. The van der Waals surface area contributed by atoms with Gasteiger partial charge in [-0.1, -0.05) is 23.2 Å². The van der Waals surface area contributed by atoms with E-state index in [1.807, 2.05) is 0 Å². The number of anilines is 2. The largest absolute Gasteiger partial charge is 0.396 e. The fourth-order valence-electron chi connectivity index (χ4n) is 3.53. The number of hydrogen-bond acceptors (Lipinski definition) is 5. The van der Waals surface area contributed by atoms with Gasteiger partial charge >= 0.3 is 0 Å². The highest BCUT2D eigenvalue weighted by Gasteiger charge is 2.23. The van der Waals surface area contributed by atoms with E-state index in [1.54, 1.807) is 59.9 Å². The summed E-state index contributed by atoms with van der Waals surface area (Å²) < 4.78 is 3.22. The molecule has 0 unspecified atom stereocenters. The van der Waals surface area contributed by atoms with Crippen molar-refractivity contribution in [2.75, 3.05) is 11.5 Å². The molecular weight excluding hydrogens is 423 g/mol. The number of carbonyl (C=O) groups is 1. The van der Waals surface area contributed by atoms with E-state index in [1.165, 1.54) is 12.4 Å². The molecule has 9 heteroatoms. The van der Waals surface area contributed by atoms with Crippen molar-refractivity contribution in [1.82, 2.24) is 19.6 Å². The Morgan fingerprint density at radius 2 is 1.20 bits per heavy atom. The Labute approximate surface area is 182 Å². The summed E-state index contributed by atoms with van der Waals surface area (Å²) in [5.74, 6) is -0.227. The molecule has 152 valence electrons. The number of aromatic nitrogens is 4. The number of ketones is 1. The fraction of sp³-hybridized carbons (Fsp3) is 0.0952. The molecule has 0 fully saturated rings. The molecule has 0 radical (unpaired) electrons. The smallest absolute Gasteiger partial charge is 0.194 e. The number of nitrogen functional groups attached to an aromatic ring is 2. The van der Waals surface area contributed by atoms with Crippen molar-refractivity contribution in [3.8, 4) is 22.5 Å². The van der Waals surface area contributed by atoms with Crippen molar-refractivity contribution >= 4 is 40.4 Å². The molecule has 7 nitrogen and oxygen atoms in total. The molecule has 30 heavy (non-hydrogen) atoms. The van der Waals surface area contributed by atoms with Gasteiger partial charge < -0.3 is 11.5 Å². The van der Waals surface area contributed by atoms with Crippen LogP contribution in [0.4, 0.5) is 11.4 Å². The van der Waals surface area contributed by atoms with E-state index in [-0.39, 0.29) is 5.78 Å². The molecule has 2 heterocycles. The highest BCUT2D eigenvalue weighted by Crippen LogP contribution is 2.36. The van der Waals surface area contributed by atoms with Crippen LogP contribution in [-0.2, 0) is 14.1 Å². The first-order valence-corrected chi connectivity index (χ1v) is 9.73. The van der Waals surface area contributed by atoms with Gasteiger partial charge in [-0.15, -0.1) is 0 Å². The van der Waals surface area contributed by atoms with Crippen molar-refractivity contribution in [3.05, 3.63) is 70.0 Å². The summed E-state index contributed by atoms with van der Waals surface area (Å²) >= 11 is 12.5. The van der Waals surface area contributed by atoms with Crippen LogP contribution in [0, 0.1) is 0 Å². The first-order chi connectivity index (χ1) is 14.3. The summed E-state index contributed by atoms with van der Waals surface area (Å²) in [6, 6.07) is 10.1. The monoisotopic (exact) mass is 440 g/mol. The van der Waals surface area contributed by atoms with Gasteiger partial charge in [0.25, 0.3) is 0 Å². The molecule has 0 saturated carbocycles. The van der Waals surface area contributed by atoms with Gasteiger partial charge in [-0.2, -0.15) is 10.2 Å². The Morgan fingerprint density at radius 3 is 1.53 bits per heavy atom. The molecule has 0 aliphatic rings. The summed E-state index contributed by atoms with van der Waals surface area (Å²) in [6.07, 6.45) is 3.07. The zero-order valence-corrected chi connectivity index (χ0v) is 17.7. The van der Waals surface area contributed by atoms with E-state index in [9.17, 15) is 4.79 Å². The summed E-state index contributed by atoms with van der Waals surface area (Å²) in [7, 11) is 3.51. The van der Waals surface area contributed by atoms with Crippen LogP contribution in [0.5, 0.6) is 0 Å². The Bertz CT molecular complexity index is 1150. The van der Waals surface area contributed by atoms with Gasteiger partial charge in [0.05, 0.1) is 35.2 Å². The van der Waals surface area contributed by atoms with Crippen LogP contribution >= 0.6 is 23.2 Å². The third-order valence-electron chi connectivity index (χ3n) is 4.90. The number of carbonyl (C=O) groups excluding carboxylic acids is 1. The number of aryl methyl sites for hydroxylation is 2. The molecule has 2 aromatic carbocycles. The zero-order valence-electron chi connectivity index (χ0n) is 16.2. The van der Waals surface area contributed by atoms with Crippen LogP contribution in [0.3, 0.4) is 0 Å². The molecule has 4 N–H and O–H groups in total. The molecule has 0 saturated heterocycles. The fourth-order valence-corrected chi connectivity index (χ4v) is 3.88. The molecule has 0 bridgehead atoms. The zero-order chi connectivity index (χ0) is 21.6. The maximum atomic E-state index is 13.7. The lowest BCUT2D eigenvalue weighted by atomic mass is 9.92. The van der Waals surface area contributed by atoms with Gasteiger partial charge in [-0.25, -0.2) is 0 Å². The second-order valence-electron chi connectivity index (χ2n) is 6.85. The van der Waals surface area contributed by atoms with E-state index in [2.05, 4.69) is 10.2 Å². The molecule has 0 amide bonds. The molecular formula is C21H18Cl2N6O. The van der Waals surface area contributed by atoms with Crippen molar-refractivity contribution < 1.29 is 4.79 Å². The van der Waals surface area contributed by atoms with Crippen LogP contribution in [-0.4, -0.2) is 25.3 Å². The van der Waals surface area contributed by atoms with Crippen LogP contribution in [0.1, 0.15) is 15.9 Å². The Hall–Kier alpha value is -3.29. The minimum absolute atomic E-state index is 0.227. The SMILES string of the molecule is Cn1ncc(N)c1-c1cc(Cl)ccc1C(=O)c1ccc(Cl)cc1-c1c(N)cnn1C. The standard InChI is InChI=1S/C21H18Cl2N6O/c1-28-19(17(24)9-26-28)15-7-11(22)3-5-13(15)21(30)14-6-4-12(23)8-16(14)20-18(25)10-27-29(20)2/h3-10H,24-25H2,1-2H3. The lowest BCUT2D eigenvalue weighted by Crippen LogP contribution is -2.09. The summed E-state index contributed by atoms with van der Waals surface area (Å²) in [5.41, 5.74) is 16.4. The second kappa shape index (κ2) is 7.51. The average Bonchev–Trinajstić information content (AvgIpc) is 3.21. The summed E-state index contributed by atoms with van der Waals surface area (Å²) in [4.78, 5) is 13.7. The van der Waals surface area contributed by atoms with Crippen LogP contribution in [0.2, 0.25) is 10.0 Å². The summed E-state index contributed by atoms with van der Waals surface area (Å²) in [6.45, 7) is 0. The molecule has 0 aliphatic carbocycles. The van der Waals surface area contributed by atoms with Gasteiger partial charge in [0.15, 0.2) is 5.78 Å². The van der Waals surface area contributed by atoms with Crippen LogP contribution < -0.4 is 11.5 Å². The normalized spacial score (nSPS) is 11.1. The van der Waals surface area contributed by atoms with E-state index in [0.717, 1.165) is 0 Å². The second-order valence-corrected chi connectivity index (χ2v) is 7.73. The Balaban J connectivity index is 1.95. The first-order valence-electron chi connectivity index (χ1n) is 8.97. The van der Waals surface area contributed by atoms with Gasteiger partial charge in [0, 0.05) is 46.4 Å². The highest BCUT2D eigenvalue weighted by atomic mass is 35.5. The Kier molecular flexibility index (Phi) is 5.01. The lowest BCUT2D eigenvalue weighted by Gasteiger charge is -2.14. The predicted molar refractivity (Wildman–Crippen MR) is 120 cm³/mol. The number of halogens is 2. The number of hydrogen-bond donors (Lipinski definition) is 2. The quantitative estimate of drug-likeness (QED) is 0.462. The minimum atomic E-state index is -0.227. The Morgan fingerprint density at radius 1 is 0.800 bits per heavy atom. The lowest BCUT2D eigenvalue weighted by molar-refractivity contribution is 0.104. The topological polar surface area (TPSA) is 105 Å². The van der Waals surface area contributed by atoms with E-state index >= 15 is 0 Å². The van der Waals surface area contributed by atoms with E-state index in [0.29, 0.717) is 55.1 Å². The third-order valence-corrected chi connectivity index (χ3v) is 5.37. The molecule has 4 aromatic rings. The van der Waals surface area contributed by atoms with Crippen LogP contribution in [0.25, 0.3) is 22.5 Å². The predicted octanol–water partition coefficient (Wildman–Crippen LogP) is 4.19. The van der Waals surface area contributed by atoms with E-state index < -0.39 is 0 Å². The number of nitrogens with two attached hydrogens (primary N) is 2. The third kappa shape index (κ3) is 3.32. The van der Waals surface area contributed by atoms with Gasteiger partial charge in [0.1, 0.15) is 0 Å². The maximum Gasteiger partial charge on any atom is 0.194 e. The van der Waals surface area contributed by atoms with Gasteiger partial charge in [-0.05, 0) is 36.4 Å². The number of benzene rings is 2. The van der Waals surface area contributed by atoms with Crippen molar-refractivity contribution in [2.24, 2.45) is 14.1 Å². The molecule has 0 spiro atoms. The van der Waals surface area contributed by atoms with Crippen LogP contribution in [0.15, 0.2) is 48.8 Å². The van der Waals surface area contributed by atoms with E-state index in [4.69, 9.17) is 34.7 Å². The average molecular weight is 441 g/mol. The highest BCUT2D eigenvalue weighted by molar-refractivity contribution is 6.32. The number of nitrogens with zero attached hydrogens (tertiary/aromatic N) is 4. The maximum absolute atomic E-state index is 13.7. The molecule has 4 rings (SSSR count). The molecule has 2 aromatic heterocycles. The van der Waals surface area contributed by atoms with Gasteiger partial charge in [0.2, 0.25) is 0 Å². The van der Waals surface area contributed by atoms with Crippen molar-refractivity contribution in [2.45, 2.75) is 0 Å².